The molecule has 10 heteroatoms. The highest BCUT2D eigenvalue weighted by Gasteiger charge is 2.23. The van der Waals surface area contributed by atoms with Crippen LogP contribution in [-0.2, 0) is 15.9 Å². The van der Waals surface area contributed by atoms with Crippen molar-refractivity contribution in [3.05, 3.63) is 82.7 Å². The SMILES string of the molecule is CCC.O=C(Nc1ccc(Cl)c(C2=NC=CCC=C2N2CCOCC2)c1)c1ccc(N2CCNS2=O)cc1. The molecular weight excluding hydrogens is 522 g/mol. The lowest BCUT2D eigenvalue weighted by Crippen LogP contribution is -2.38. The predicted octanol–water partition coefficient (Wildman–Crippen LogP) is 4.92. The number of carbonyl (C=O) groups excluding carboxylic acids is 1. The van der Waals surface area contributed by atoms with E-state index in [0.29, 0.717) is 42.6 Å². The standard InChI is InChI=1S/C25H26ClN5O3S.C3H8/c26-22-9-6-19(29-25(32)18-4-7-20(8-5-18)31-12-11-28-35(31)33)17-21(22)24-23(3-1-2-10-27-24)30-13-15-34-16-14-30;1-3-2/h2-10,17,28H,1,11-16H2,(H,29,32);3H2,1-2H3. The average Bonchev–Trinajstić information content (AvgIpc) is 3.22. The van der Waals surface area contributed by atoms with Gasteiger partial charge in [-0.25, -0.2) is 8.93 Å². The molecule has 0 bridgehead atoms. The number of benzene rings is 2. The van der Waals surface area contributed by atoms with Crippen LogP contribution in [0.5, 0.6) is 0 Å². The van der Waals surface area contributed by atoms with Gasteiger partial charge >= 0.3 is 0 Å². The Labute approximate surface area is 232 Å². The highest BCUT2D eigenvalue weighted by molar-refractivity contribution is 7.84. The van der Waals surface area contributed by atoms with E-state index in [-0.39, 0.29) is 5.91 Å². The van der Waals surface area contributed by atoms with Crippen LogP contribution in [0.4, 0.5) is 11.4 Å². The van der Waals surface area contributed by atoms with Gasteiger partial charge in [0, 0.05) is 49.2 Å². The number of anilines is 2. The predicted molar refractivity (Wildman–Crippen MR) is 156 cm³/mol. The van der Waals surface area contributed by atoms with Gasteiger partial charge < -0.3 is 15.0 Å². The molecule has 0 aromatic heterocycles. The Kier molecular flexibility index (Phi) is 10.1. The van der Waals surface area contributed by atoms with Crippen LogP contribution < -0.4 is 14.3 Å². The van der Waals surface area contributed by atoms with E-state index in [4.69, 9.17) is 21.3 Å². The number of hydrogen-bond acceptors (Lipinski definition) is 5. The molecule has 2 aromatic carbocycles. The van der Waals surface area contributed by atoms with Crippen LogP contribution in [0.2, 0.25) is 5.02 Å². The van der Waals surface area contributed by atoms with Crippen LogP contribution in [0, 0.1) is 0 Å². The molecule has 0 spiro atoms. The molecule has 202 valence electrons. The summed E-state index contributed by atoms with van der Waals surface area (Å²) in [6, 6.07) is 12.5. The van der Waals surface area contributed by atoms with Gasteiger partial charge in [0.05, 0.1) is 35.3 Å². The Bertz CT molecular complexity index is 1240. The lowest BCUT2D eigenvalue weighted by atomic mass is 10.0. The lowest BCUT2D eigenvalue weighted by Gasteiger charge is -2.31. The van der Waals surface area contributed by atoms with E-state index < -0.39 is 11.2 Å². The van der Waals surface area contributed by atoms with Gasteiger partial charge in [-0.2, -0.15) is 0 Å². The number of carbonyl (C=O) groups is 1. The maximum Gasteiger partial charge on any atom is 0.255 e. The lowest BCUT2D eigenvalue weighted by molar-refractivity contribution is 0.0564. The van der Waals surface area contributed by atoms with Crippen molar-refractivity contribution >= 4 is 45.8 Å². The van der Waals surface area contributed by atoms with Crippen LogP contribution in [0.15, 0.2) is 71.5 Å². The molecule has 38 heavy (non-hydrogen) atoms. The summed E-state index contributed by atoms with van der Waals surface area (Å²) in [7, 11) is 0. The molecule has 0 aliphatic carbocycles. The zero-order chi connectivity index (χ0) is 26.9. The summed E-state index contributed by atoms with van der Waals surface area (Å²) in [6.45, 7) is 8.49. The summed E-state index contributed by atoms with van der Waals surface area (Å²) in [5.41, 5.74) is 4.49. The minimum atomic E-state index is -1.24. The Morgan fingerprint density at radius 2 is 1.87 bits per heavy atom. The second-order valence-electron chi connectivity index (χ2n) is 8.94. The molecule has 0 radical (unpaired) electrons. The molecule has 8 nitrogen and oxygen atoms in total. The van der Waals surface area contributed by atoms with E-state index in [9.17, 15) is 9.00 Å². The highest BCUT2D eigenvalue weighted by atomic mass is 35.5. The van der Waals surface area contributed by atoms with Gasteiger partial charge in [-0.1, -0.05) is 44.0 Å². The number of hydrogen-bond donors (Lipinski definition) is 2. The zero-order valence-corrected chi connectivity index (χ0v) is 23.4. The van der Waals surface area contributed by atoms with E-state index in [0.717, 1.165) is 42.2 Å². The van der Waals surface area contributed by atoms with Gasteiger partial charge in [0.1, 0.15) is 0 Å². The van der Waals surface area contributed by atoms with Crippen molar-refractivity contribution in [1.82, 2.24) is 9.62 Å². The molecule has 3 aliphatic heterocycles. The van der Waals surface area contributed by atoms with Crippen LogP contribution in [-0.4, -0.2) is 60.1 Å². The van der Waals surface area contributed by atoms with Crippen LogP contribution in [0.3, 0.4) is 0 Å². The monoisotopic (exact) mass is 555 g/mol. The van der Waals surface area contributed by atoms with Gasteiger partial charge in [0.15, 0.2) is 11.2 Å². The first-order valence-electron chi connectivity index (χ1n) is 12.9. The molecule has 2 saturated heterocycles. The van der Waals surface area contributed by atoms with Crippen molar-refractivity contribution in [2.24, 2.45) is 4.99 Å². The van der Waals surface area contributed by atoms with Gasteiger partial charge in [-0.15, -0.1) is 0 Å². The maximum absolute atomic E-state index is 12.9. The molecule has 5 rings (SSSR count). The first kappa shape index (κ1) is 28.0. The Hall–Kier alpha value is -2.98. The molecule has 2 aromatic rings. The third-order valence-electron chi connectivity index (χ3n) is 5.99. The van der Waals surface area contributed by atoms with Crippen molar-refractivity contribution in [2.75, 3.05) is 49.0 Å². The Balaban J connectivity index is 0.00000107. The number of amides is 1. The largest absolute Gasteiger partial charge is 0.378 e. The highest BCUT2D eigenvalue weighted by Crippen LogP contribution is 2.28. The Morgan fingerprint density at radius 3 is 2.55 bits per heavy atom. The van der Waals surface area contributed by atoms with Gasteiger partial charge in [0.25, 0.3) is 5.91 Å². The molecule has 1 amide bonds. The van der Waals surface area contributed by atoms with E-state index in [1.807, 2.05) is 12.1 Å². The Morgan fingerprint density at radius 1 is 1.13 bits per heavy atom. The number of halogens is 1. The number of rotatable bonds is 5. The van der Waals surface area contributed by atoms with Gasteiger partial charge in [-0.05, 0) is 48.9 Å². The van der Waals surface area contributed by atoms with Crippen molar-refractivity contribution in [3.8, 4) is 0 Å². The zero-order valence-electron chi connectivity index (χ0n) is 21.8. The normalized spacial score (nSPS) is 19.2. The molecule has 2 N–H and O–H groups in total. The first-order chi connectivity index (χ1) is 18.5. The summed E-state index contributed by atoms with van der Waals surface area (Å²) in [4.78, 5) is 19.9. The number of allylic oxidation sites excluding steroid dienone is 3. The van der Waals surface area contributed by atoms with E-state index in [1.165, 1.54) is 6.42 Å². The van der Waals surface area contributed by atoms with E-state index >= 15 is 0 Å². The number of aliphatic imine (C=N–C) groups is 1. The van der Waals surface area contributed by atoms with Crippen LogP contribution in [0.25, 0.3) is 0 Å². The molecule has 3 aliphatic rings. The first-order valence-corrected chi connectivity index (χ1v) is 14.4. The third-order valence-corrected chi connectivity index (χ3v) is 7.56. The number of nitrogens with one attached hydrogen (secondary N) is 2. The summed E-state index contributed by atoms with van der Waals surface area (Å²) < 4.78 is 22.1. The summed E-state index contributed by atoms with van der Waals surface area (Å²) in [5, 5.41) is 3.53. The maximum atomic E-state index is 12.9. The quantitative estimate of drug-likeness (QED) is 0.548. The number of ether oxygens (including phenoxy) is 1. The van der Waals surface area contributed by atoms with Gasteiger partial charge in [-0.3, -0.25) is 14.1 Å². The molecule has 2 fully saturated rings. The van der Waals surface area contributed by atoms with Crippen molar-refractivity contribution in [2.45, 2.75) is 26.7 Å². The fourth-order valence-corrected chi connectivity index (χ4v) is 5.41. The average molecular weight is 556 g/mol. The molecule has 0 saturated carbocycles. The molecule has 3 heterocycles. The fourth-order valence-electron chi connectivity index (χ4n) is 4.21. The fraction of sp³-hybridized carbons (Fsp3) is 0.357. The summed E-state index contributed by atoms with van der Waals surface area (Å²) >= 11 is 5.37. The van der Waals surface area contributed by atoms with Crippen LogP contribution >= 0.6 is 11.6 Å². The van der Waals surface area contributed by atoms with Gasteiger partial charge in [0.2, 0.25) is 0 Å². The smallest absolute Gasteiger partial charge is 0.255 e. The summed E-state index contributed by atoms with van der Waals surface area (Å²) in [6.07, 6.45) is 7.99. The third kappa shape index (κ3) is 6.91. The minimum absolute atomic E-state index is 0.239. The van der Waals surface area contributed by atoms with Crippen LogP contribution in [0.1, 0.15) is 42.6 Å². The molecule has 1 atom stereocenters. The second kappa shape index (κ2) is 13.7. The minimum Gasteiger partial charge on any atom is -0.378 e. The van der Waals surface area contributed by atoms with E-state index in [2.05, 4.69) is 34.9 Å². The molecular formula is C28H34ClN5O3S. The number of morpholine rings is 1. The van der Waals surface area contributed by atoms with E-state index in [1.54, 1.807) is 46.9 Å². The topological polar surface area (TPSA) is 86.3 Å². The number of nitrogens with zero attached hydrogens (tertiary/aromatic N) is 3. The summed E-state index contributed by atoms with van der Waals surface area (Å²) in [5.74, 6) is -0.239. The van der Waals surface area contributed by atoms with Crippen molar-refractivity contribution < 1.29 is 13.7 Å². The van der Waals surface area contributed by atoms with Crippen molar-refractivity contribution in [3.63, 3.8) is 0 Å². The second-order valence-corrected chi connectivity index (χ2v) is 10.6. The molecule has 1 unspecified atom stereocenters. The van der Waals surface area contributed by atoms with Crippen molar-refractivity contribution in [1.29, 1.82) is 0 Å².